The third kappa shape index (κ3) is 6.87. The molecule has 6 unspecified atom stereocenters. The number of nitrogen functional groups attached to an aromatic ring is 1. The van der Waals surface area contributed by atoms with Crippen molar-refractivity contribution in [2.45, 2.75) is 64.5 Å². The quantitative estimate of drug-likeness (QED) is 0.132. The Morgan fingerprint density at radius 3 is 2.66 bits per heavy atom. The molecule has 2 aromatic heterocycles. The summed E-state index contributed by atoms with van der Waals surface area (Å²) in [5.74, 6) is -4.18. The van der Waals surface area contributed by atoms with Gasteiger partial charge in [0, 0.05) is 5.39 Å². The van der Waals surface area contributed by atoms with Crippen molar-refractivity contribution in [3.8, 4) is 11.6 Å². The van der Waals surface area contributed by atoms with E-state index < -0.39 is 50.2 Å². The highest BCUT2D eigenvalue weighted by Crippen LogP contribution is 2.53. The van der Waals surface area contributed by atoms with Crippen molar-refractivity contribution in [3.63, 3.8) is 0 Å². The molecule has 4 aromatic rings. The maximum absolute atomic E-state index is 16.6. The summed E-state index contributed by atoms with van der Waals surface area (Å²) in [6.45, 7) is 6.63. The maximum atomic E-state index is 16.6. The van der Waals surface area contributed by atoms with Gasteiger partial charge in [-0.25, -0.2) is 18.3 Å². The smallest absolute Gasteiger partial charge is 0.459 e. The van der Waals surface area contributed by atoms with Crippen molar-refractivity contribution in [3.05, 3.63) is 48.8 Å². The summed E-state index contributed by atoms with van der Waals surface area (Å²) < 4.78 is 75.4. The lowest BCUT2D eigenvalue weighted by Gasteiger charge is -2.32. The molecular formula is C30H37F2N6O8P. The van der Waals surface area contributed by atoms with Gasteiger partial charge in [0.05, 0.1) is 19.5 Å². The van der Waals surface area contributed by atoms with Crippen LogP contribution in [-0.2, 0) is 23.4 Å². The van der Waals surface area contributed by atoms with Crippen LogP contribution in [0.4, 0.5) is 14.7 Å². The summed E-state index contributed by atoms with van der Waals surface area (Å²) in [5.41, 5.74) is 3.00. The normalized spacial score (nSPS) is 24.8. The molecule has 2 aromatic carbocycles. The lowest BCUT2D eigenvalue weighted by molar-refractivity contribution is -0.233. The van der Waals surface area contributed by atoms with E-state index in [1.165, 1.54) is 13.0 Å². The van der Waals surface area contributed by atoms with Gasteiger partial charge in [0.15, 0.2) is 29.2 Å². The molecule has 0 saturated carbocycles. The molecule has 14 nitrogen and oxygen atoms in total. The van der Waals surface area contributed by atoms with Crippen LogP contribution in [0.3, 0.4) is 0 Å². The number of alkyl halides is 2. The SMILES string of the molecule is CCOc1nc(N)nc2c1ncn2C1OC(F)(COP(=O)(NC(C)C(=O)OCC(C)C)Oc2cccc3ccccc23)C(C)(O)C1F. The third-order valence-corrected chi connectivity index (χ3v) is 9.07. The number of nitrogens with one attached hydrogen (secondary N) is 1. The molecule has 1 saturated heterocycles. The standard InChI is InChI=1S/C30H37F2N6O8P/c1-6-42-25-22-24(35-28(33)36-25)38(16-34-22)26-23(31)29(5,40)30(32,45-26)15-44-47(41,37-18(4)27(39)43-14-17(2)3)46-21-13-9-11-19-10-7-8-12-20(19)21/h7-13,16-18,23,26,40H,6,14-15H2,1-5H3,(H,37,41)(H2,33,35,36). The lowest BCUT2D eigenvalue weighted by Crippen LogP contribution is -2.53. The molecule has 5 rings (SSSR count). The molecule has 47 heavy (non-hydrogen) atoms. The molecule has 0 aliphatic carbocycles. The predicted octanol–water partition coefficient (Wildman–Crippen LogP) is 4.63. The first kappa shape index (κ1) is 34.4. The zero-order valence-electron chi connectivity index (χ0n) is 26.4. The number of esters is 1. The van der Waals surface area contributed by atoms with Gasteiger partial charge in [-0.05, 0) is 38.1 Å². The van der Waals surface area contributed by atoms with Crippen molar-refractivity contribution in [2.24, 2.45) is 5.92 Å². The second-order valence-electron chi connectivity index (χ2n) is 11.6. The number of benzene rings is 2. The number of nitrogens with two attached hydrogens (primary N) is 1. The second kappa shape index (κ2) is 13.3. The van der Waals surface area contributed by atoms with Gasteiger partial charge in [-0.15, -0.1) is 0 Å². The topological polar surface area (TPSA) is 182 Å². The summed E-state index contributed by atoms with van der Waals surface area (Å²) >= 11 is 0. The van der Waals surface area contributed by atoms with Crippen molar-refractivity contribution in [1.29, 1.82) is 0 Å². The fraction of sp³-hybridized carbons (Fsp3) is 0.467. The van der Waals surface area contributed by atoms with Gasteiger partial charge in [0.2, 0.25) is 11.8 Å². The van der Waals surface area contributed by atoms with E-state index in [4.69, 9.17) is 29.0 Å². The molecule has 0 amide bonds. The van der Waals surface area contributed by atoms with Crippen LogP contribution in [-0.4, -0.2) is 74.1 Å². The number of fused-ring (bicyclic) bond motifs is 2. The summed E-state index contributed by atoms with van der Waals surface area (Å²) in [6, 6.07) is 10.7. The Balaban J connectivity index is 1.44. The first-order chi connectivity index (χ1) is 22.2. The van der Waals surface area contributed by atoms with E-state index in [1.54, 1.807) is 43.3 Å². The molecule has 17 heteroatoms. The number of hydrogen-bond acceptors (Lipinski definition) is 12. The maximum Gasteiger partial charge on any atom is 0.459 e. The summed E-state index contributed by atoms with van der Waals surface area (Å²) in [6.07, 6.45) is -3.14. The van der Waals surface area contributed by atoms with Crippen LogP contribution < -0.4 is 20.1 Å². The first-order valence-corrected chi connectivity index (χ1v) is 16.4. The van der Waals surface area contributed by atoms with E-state index in [1.807, 2.05) is 13.8 Å². The summed E-state index contributed by atoms with van der Waals surface area (Å²) in [7, 11) is -4.69. The molecule has 254 valence electrons. The number of aromatic nitrogens is 4. The first-order valence-electron chi connectivity index (χ1n) is 14.9. The molecule has 0 spiro atoms. The highest BCUT2D eigenvalue weighted by Gasteiger charge is 2.66. The van der Waals surface area contributed by atoms with Gasteiger partial charge in [0.1, 0.15) is 18.4 Å². The fourth-order valence-corrected chi connectivity index (χ4v) is 6.40. The summed E-state index contributed by atoms with van der Waals surface area (Å²) in [4.78, 5) is 24.9. The predicted molar refractivity (Wildman–Crippen MR) is 167 cm³/mol. The molecule has 4 N–H and O–H groups in total. The molecule has 1 aliphatic rings. The Bertz CT molecular complexity index is 1800. The Morgan fingerprint density at radius 2 is 1.94 bits per heavy atom. The number of aliphatic hydroxyl groups is 1. The van der Waals surface area contributed by atoms with E-state index in [-0.39, 0.29) is 47.9 Å². The van der Waals surface area contributed by atoms with Gasteiger partial charge >= 0.3 is 13.7 Å². The zero-order valence-corrected chi connectivity index (χ0v) is 27.3. The van der Waals surface area contributed by atoms with E-state index >= 15 is 8.78 Å². The van der Waals surface area contributed by atoms with E-state index in [2.05, 4.69) is 20.0 Å². The average molecular weight is 679 g/mol. The molecule has 0 radical (unpaired) electrons. The number of carbonyl (C=O) groups excluding carboxylic acids is 1. The molecule has 0 bridgehead atoms. The van der Waals surface area contributed by atoms with Crippen LogP contribution in [0.25, 0.3) is 21.9 Å². The number of carbonyl (C=O) groups is 1. The fourth-order valence-electron chi connectivity index (χ4n) is 4.89. The average Bonchev–Trinajstić information content (AvgIpc) is 3.51. The minimum Gasteiger partial charge on any atom is -0.476 e. The van der Waals surface area contributed by atoms with Crippen molar-refractivity contribution in [1.82, 2.24) is 24.6 Å². The number of rotatable bonds is 13. The van der Waals surface area contributed by atoms with Gasteiger partial charge in [-0.3, -0.25) is 13.9 Å². The Kier molecular flexibility index (Phi) is 9.71. The minimum absolute atomic E-state index is 0.0161. The van der Waals surface area contributed by atoms with Gasteiger partial charge < -0.3 is 29.6 Å². The molecule has 1 fully saturated rings. The molecular weight excluding hydrogens is 641 g/mol. The Morgan fingerprint density at radius 1 is 1.21 bits per heavy atom. The number of halogens is 2. The number of hydrogen-bond donors (Lipinski definition) is 3. The minimum atomic E-state index is -4.69. The highest BCUT2D eigenvalue weighted by molar-refractivity contribution is 7.52. The van der Waals surface area contributed by atoms with Crippen LogP contribution in [0, 0.1) is 5.92 Å². The van der Waals surface area contributed by atoms with Crippen LogP contribution in [0.1, 0.15) is 40.8 Å². The Hall–Kier alpha value is -3.95. The van der Waals surface area contributed by atoms with Gasteiger partial charge in [-0.1, -0.05) is 50.2 Å². The van der Waals surface area contributed by atoms with Crippen LogP contribution in [0.5, 0.6) is 11.6 Å². The second-order valence-corrected chi connectivity index (χ2v) is 13.3. The van der Waals surface area contributed by atoms with E-state index in [0.717, 1.165) is 23.2 Å². The van der Waals surface area contributed by atoms with Crippen molar-refractivity contribution < 1.29 is 46.5 Å². The molecule has 3 heterocycles. The Labute approximate surface area is 269 Å². The molecule has 1 aliphatic heterocycles. The van der Waals surface area contributed by atoms with Gasteiger partial charge in [0.25, 0.3) is 5.85 Å². The number of nitrogens with zero attached hydrogens (tertiary/aromatic N) is 4. The monoisotopic (exact) mass is 678 g/mol. The van der Waals surface area contributed by atoms with Crippen LogP contribution >= 0.6 is 7.75 Å². The van der Waals surface area contributed by atoms with Crippen molar-refractivity contribution in [2.75, 3.05) is 25.6 Å². The number of imidazole rings is 1. The third-order valence-electron chi connectivity index (χ3n) is 7.47. The van der Waals surface area contributed by atoms with E-state index in [9.17, 15) is 14.5 Å². The number of anilines is 1. The van der Waals surface area contributed by atoms with E-state index in [0.29, 0.717) is 5.39 Å². The highest BCUT2D eigenvalue weighted by atomic mass is 31.2. The molecule has 6 atom stereocenters. The van der Waals surface area contributed by atoms with Gasteiger partial charge in [-0.2, -0.15) is 15.1 Å². The van der Waals surface area contributed by atoms with Crippen molar-refractivity contribution >= 4 is 41.6 Å². The summed E-state index contributed by atoms with van der Waals surface area (Å²) in [5, 5.41) is 14.9. The lowest BCUT2D eigenvalue weighted by atomic mass is 9.94. The van der Waals surface area contributed by atoms with Crippen LogP contribution in [0.15, 0.2) is 48.8 Å². The zero-order chi connectivity index (χ0) is 34.1. The van der Waals surface area contributed by atoms with Crippen LogP contribution in [0.2, 0.25) is 0 Å². The number of ether oxygens (including phenoxy) is 3. The largest absolute Gasteiger partial charge is 0.476 e.